The average Bonchev–Trinajstić information content (AvgIpc) is 2.32. The lowest BCUT2D eigenvalue weighted by Gasteiger charge is -2.08. The zero-order valence-electron chi connectivity index (χ0n) is 9.73. The van der Waals surface area contributed by atoms with E-state index < -0.39 is 0 Å². The van der Waals surface area contributed by atoms with Gasteiger partial charge in [-0.3, -0.25) is 0 Å². The Labute approximate surface area is 102 Å². The molecule has 0 fully saturated rings. The van der Waals surface area contributed by atoms with Crippen LogP contribution in [0.15, 0.2) is 53.4 Å². The first-order chi connectivity index (χ1) is 7.77. The molecule has 2 rings (SSSR count). The maximum absolute atomic E-state index is 2.22. The highest BCUT2D eigenvalue weighted by Crippen LogP contribution is 2.24. The second kappa shape index (κ2) is 5.22. The first-order valence-corrected chi connectivity index (χ1v) is 6.49. The molecule has 0 aromatic heterocycles. The van der Waals surface area contributed by atoms with Crippen molar-refractivity contribution in [3.63, 3.8) is 0 Å². The van der Waals surface area contributed by atoms with Gasteiger partial charge in [0.2, 0.25) is 0 Å². The summed E-state index contributed by atoms with van der Waals surface area (Å²) in [7, 11) is 0. The molecule has 0 aliphatic carbocycles. The summed E-state index contributed by atoms with van der Waals surface area (Å²) in [6, 6.07) is 17.1. The third-order valence-corrected chi connectivity index (χ3v) is 3.92. The number of aryl methyl sites for hydroxylation is 1. The lowest BCUT2D eigenvalue weighted by molar-refractivity contribution is 1.24. The van der Waals surface area contributed by atoms with Gasteiger partial charge in [-0.05, 0) is 42.7 Å². The highest BCUT2D eigenvalue weighted by molar-refractivity contribution is 7.98. The van der Waals surface area contributed by atoms with E-state index in [4.69, 9.17) is 0 Å². The van der Waals surface area contributed by atoms with E-state index in [1.54, 1.807) is 0 Å². The fourth-order valence-electron chi connectivity index (χ4n) is 1.65. The Hall–Kier alpha value is -1.21. The Kier molecular flexibility index (Phi) is 3.68. The molecule has 0 unspecified atom stereocenters. The van der Waals surface area contributed by atoms with E-state index in [2.05, 4.69) is 62.4 Å². The highest BCUT2D eigenvalue weighted by atomic mass is 32.2. The average molecular weight is 228 g/mol. The van der Waals surface area contributed by atoms with Crippen LogP contribution in [0.3, 0.4) is 0 Å². The molecule has 0 radical (unpaired) electrons. The summed E-state index contributed by atoms with van der Waals surface area (Å²) in [5, 5.41) is 0. The maximum atomic E-state index is 2.22. The van der Waals surface area contributed by atoms with Crippen LogP contribution in [0.4, 0.5) is 0 Å². The predicted molar refractivity (Wildman–Crippen MR) is 71.9 cm³/mol. The number of benzene rings is 2. The molecule has 0 saturated heterocycles. The molecule has 0 spiro atoms. The largest absolute Gasteiger partial charge is 0.121 e. The van der Waals surface area contributed by atoms with E-state index in [0.29, 0.717) is 0 Å². The quantitative estimate of drug-likeness (QED) is 0.692. The minimum absolute atomic E-state index is 1.05. The van der Waals surface area contributed by atoms with E-state index in [1.165, 1.54) is 21.6 Å². The second-order valence-electron chi connectivity index (χ2n) is 3.96. The van der Waals surface area contributed by atoms with Crippen molar-refractivity contribution in [1.29, 1.82) is 0 Å². The Bertz CT molecular complexity index is 460. The van der Waals surface area contributed by atoms with Gasteiger partial charge in [0.05, 0.1) is 0 Å². The lowest BCUT2D eigenvalue weighted by Crippen LogP contribution is -1.89. The summed E-state index contributed by atoms with van der Waals surface area (Å²) in [5.41, 5.74) is 4.24. The van der Waals surface area contributed by atoms with Crippen LogP contribution in [-0.2, 0) is 5.75 Å². The molecule has 82 valence electrons. The summed E-state index contributed by atoms with van der Waals surface area (Å²) in [6.07, 6.45) is 0. The lowest BCUT2D eigenvalue weighted by atomic mass is 10.1. The zero-order chi connectivity index (χ0) is 11.4. The SMILES string of the molecule is Cc1cccc(CSc2ccccc2)c1C. The van der Waals surface area contributed by atoms with Gasteiger partial charge >= 0.3 is 0 Å². The first-order valence-electron chi connectivity index (χ1n) is 5.50. The molecule has 2 aromatic carbocycles. The molecular weight excluding hydrogens is 212 g/mol. The van der Waals surface area contributed by atoms with Crippen LogP contribution in [0, 0.1) is 13.8 Å². The molecule has 16 heavy (non-hydrogen) atoms. The molecule has 0 aliphatic rings. The van der Waals surface area contributed by atoms with Gasteiger partial charge in [-0.1, -0.05) is 36.4 Å². The molecule has 0 N–H and O–H groups in total. The van der Waals surface area contributed by atoms with Crippen molar-refractivity contribution < 1.29 is 0 Å². The summed E-state index contributed by atoms with van der Waals surface area (Å²) < 4.78 is 0. The summed E-state index contributed by atoms with van der Waals surface area (Å²) >= 11 is 1.90. The molecule has 0 atom stereocenters. The van der Waals surface area contributed by atoms with E-state index in [-0.39, 0.29) is 0 Å². The molecule has 0 amide bonds. The zero-order valence-corrected chi connectivity index (χ0v) is 10.6. The molecule has 0 bridgehead atoms. The predicted octanol–water partition coefficient (Wildman–Crippen LogP) is 4.60. The highest BCUT2D eigenvalue weighted by Gasteiger charge is 2.01. The molecule has 2 aromatic rings. The standard InChI is InChI=1S/C15H16S/c1-12-7-6-8-14(13(12)2)11-16-15-9-4-3-5-10-15/h3-10H,11H2,1-2H3. The number of hydrogen-bond donors (Lipinski definition) is 0. The fraction of sp³-hybridized carbons (Fsp3) is 0.200. The van der Waals surface area contributed by atoms with Crippen molar-refractivity contribution in [2.75, 3.05) is 0 Å². The summed E-state index contributed by atoms with van der Waals surface area (Å²) in [4.78, 5) is 1.34. The number of hydrogen-bond acceptors (Lipinski definition) is 1. The monoisotopic (exact) mass is 228 g/mol. The normalized spacial score (nSPS) is 10.4. The minimum Gasteiger partial charge on any atom is -0.121 e. The van der Waals surface area contributed by atoms with Gasteiger partial charge in [0.15, 0.2) is 0 Å². The van der Waals surface area contributed by atoms with Crippen LogP contribution in [0.2, 0.25) is 0 Å². The van der Waals surface area contributed by atoms with Crippen molar-refractivity contribution in [3.05, 3.63) is 65.2 Å². The Balaban J connectivity index is 2.08. The van der Waals surface area contributed by atoms with Crippen LogP contribution in [0.5, 0.6) is 0 Å². The van der Waals surface area contributed by atoms with Crippen molar-refractivity contribution in [2.45, 2.75) is 24.5 Å². The van der Waals surface area contributed by atoms with Crippen LogP contribution < -0.4 is 0 Å². The van der Waals surface area contributed by atoms with Crippen molar-refractivity contribution in [2.24, 2.45) is 0 Å². The smallest absolute Gasteiger partial charge is 0.0234 e. The first kappa shape index (κ1) is 11.3. The molecular formula is C15H16S. The maximum Gasteiger partial charge on any atom is 0.0234 e. The summed E-state index contributed by atoms with van der Waals surface area (Å²) in [5.74, 6) is 1.05. The van der Waals surface area contributed by atoms with Crippen LogP contribution in [0.25, 0.3) is 0 Å². The Morgan fingerprint density at radius 1 is 0.875 bits per heavy atom. The Morgan fingerprint density at radius 3 is 2.38 bits per heavy atom. The summed E-state index contributed by atoms with van der Waals surface area (Å²) in [6.45, 7) is 4.38. The van der Waals surface area contributed by atoms with Gasteiger partial charge in [-0.2, -0.15) is 0 Å². The van der Waals surface area contributed by atoms with Gasteiger partial charge in [-0.15, -0.1) is 11.8 Å². The van der Waals surface area contributed by atoms with Gasteiger partial charge in [0.1, 0.15) is 0 Å². The minimum atomic E-state index is 1.05. The van der Waals surface area contributed by atoms with Crippen LogP contribution in [-0.4, -0.2) is 0 Å². The van der Waals surface area contributed by atoms with Crippen LogP contribution in [0.1, 0.15) is 16.7 Å². The second-order valence-corrected chi connectivity index (χ2v) is 5.01. The van der Waals surface area contributed by atoms with E-state index >= 15 is 0 Å². The fourth-order valence-corrected chi connectivity index (χ4v) is 2.63. The topological polar surface area (TPSA) is 0 Å². The molecule has 0 heterocycles. The van der Waals surface area contributed by atoms with E-state index in [9.17, 15) is 0 Å². The number of thioether (sulfide) groups is 1. The van der Waals surface area contributed by atoms with E-state index in [1.807, 2.05) is 11.8 Å². The van der Waals surface area contributed by atoms with Crippen molar-refractivity contribution in [3.8, 4) is 0 Å². The third-order valence-electron chi connectivity index (χ3n) is 2.85. The molecule has 1 heteroatoms. The van der Waals surface area contributed by atoms with Gasteiger partial charge in [-0.25, -0.2) is 0 Å². The van der Waals surface area contributed by atoms with Crippen molar-refractivity contribution in [1.82, 2.24) is 0 Å². The van der Waals surface area contributed by atoms with Gasteiger partial charge in [0.25, 0.3) is 0 Å². The van der Waals surface area contributed by atoms with Crippen molar-refractivity contribution >= 4 is 11.8 Å². The Morgan fingerprint density at radius 2 is 1.62 bits per heavy atom. The van der Waals surface area contributed by atoms with Gasteiger partial charge < -0.3 is 0 Å². The molecule has 0 nitrogen and oxygen atoms in total. The van der Waals surface area contributed by atoms with Gasteiger partial charge in [0, 0.05) is 10.6 Å². The third kappa shape index (κ3) is 2.67. The van der Waals surface area contributed by atoms with E-state index in [0.717, 1.165) is 5.75 Å². The molecule has 0 aliphatic heterocycles. The molecule has 0 saturated carbocycles. The van der Waals surface area contributed by atoms with Crippen LogP contribution >= 0.6 is 11.8 Å². The number of rotatable bonds is 3.